The second-order valence-electron chi connectivity index (χ2n) is 7.26. The van der Waals surface area contributed by atoms with Crippen molar-refractivity contribution < 1.29 is 22.0 Å². The second kappa shape index (κ2) is 7.98. The smallest absolute Gasteiger partial charge is 0.235 e. The number of aromatic nitrogens is 3. The SMILES string of the molecule is CC(C)Nc1ncnc2[nH]cc(C(=O)c3c(F)ccc(NS(=O)(=O)C(C)C)c3F)c12. The zero-order valence-electron chi connectivity index (χ0n) is 16.7. The molecule has 3 aromatic rings. The van der Waals surface area contributed by atoms with E-state index in [1.807, 2.05) is 13.8 Å². The normalized spacial score (nSPS) is 12.0. The number of halogens is 2. The molecule has 0 unspecified atom stereocenters. The highest BCUT2D eigenvalue weighted by atomic mass is 32.2. The fourth-order valence-corrected chi connectivity index (χ4v) is 3.47. The number of carbonyl (C=O) groups excluding carboxylic acids is 1. The van der Waals surface area contributed by atoms with Crippen LogP contribution in [0.1, 0.15) is 43.6 Å². The van der Waals surface area contributed by atoms with Gasteiger partial charge in [-0.05, 0) is 39.8 Å². The van der Waals surface area contributed by atoms with Gasteiger partial charge in [-0.15, -0.1) is 0 Å². The maximum Gasteiger partial charge on any atom is 0.235 e. The van der Waals surface area contributed by atoms with Crippen molar-refractivity contribution >= 4 is 38.3 Å². The fraction of sp³-hybridized carbons (Fsp3) is 0.316. The molecule has 0 atom stereocenters. The third-order valence-electron chi connectivity index (χ3n) is 4.33. The molecule has 0 aliphatic heterocycles. The number of ketones is 1. The average Bonchev–Trinajstić information content (AvgIpc) is 3.08. The Bertz CT molecular complexity index is 1220. The van der Waals surface area contributed by atoms with Crippen LogP contribution in [0.25, 0.3) is 11.0 Å². The van der Waals surface area contributed by atoms with Gasteiger partial charge in [0.25, 0.3) is 0 Å². The molecular weight excluding hydrogens is 416 g/mol. The number of aromatic amines is 1. The monoisotopic (exact) mass is 437 g/mol. The Kier molecular flexibility index (Phi) is 5.75. The second-order valence-corrected chi connectivity index (χ2v) is 9.49. The van der Waals surface area contributed by atoms with Crippen molar-refractivity contribution in [1.82, 2.24) is 15.0 Å². The first-order valence-corrected chi connectivity index (χ1v) is 10.7. The average molecular weight is 437 g/mol. The summed E-state index contributed by atoms with van der Waals surface area (Å²) in [4.78, 5) is 24.0. The molecule has 160 valence electrons. The molecule has 2 heterocycles. The Balaban J connectivity index is 2.13. The predicted molar refractivity (Wildman–Crippen MR) is 110 cm³/mol. The van der Waals surface area contributed by atoms with Crippen molar-refractivity contribution in [1.29, 1.82) is 0 Å². The topological polar surface area (TPSA) is 117 Å². The van der Waals surface area contributed by atoms with E-state index in [1.54, 1.807) is 0 Å². The first kappa shape index (κ1) is 21.6. The molecule has 0 amide bonds. The number of fused-ring (bicyclic) bond motifs is 1. The highest BCUT2D eigenvalue weighted by Crippen LogP contribution is 2.30. The molecule has 0 radical (unpaired) electrons. The van der Waals surface area contributed by atoms with Gasteiger partial charge in [0.2, 0.25) is 15.8 Å². The minimum absolute atomic E-state index is 0.0248. The molecule has 3 rings (SSSR count). The number of carbonyl (C=O) groups is 1. The quantitative estimate of drug-likeness (QED) is 0.488. The summed E-state index contributed by atoms with van der Waals surface area (Å²) >= 11 is 0. The van der Waals surface area contributed by atoms with E-state index in [2.05, 4.69) is 25.0 Å². The minimum Gasteiger partial charge on any atom is -0.367 e. The van der Waals surface area contributed by atoms with Gasteiger partial charge in [0.05, 0.1) is 27.5 Å². The van der Waals surface area contributed by atoms with Crippen molar-refractivity contribution in [3.8, 4) is 0 Å². The van der Waals surface area contributed by atoms with E-state index >= 15 is 4.39 Å². The molecule has 0 bridgehead atoms. The maximum absolute atomic E-state index is 15.0. The van der Waals surface area contributed by atoms with E-state index in [1.165, 1.54) is 26.4 Å². The molecule has 0 spiro atoms. The van der Waals surface area contributed by atoms with E-state index in [9.17, 15) is 17.6 Å². The summed E-state index contributed by atoms with van der Waals surface area (Å²) in [6.45, 7) is 6.55. The molecule has 0 aliphatic rings. The molecule has 0 fully saturated rings. The van der Waals surface area contributed by atoms with E-state index in [0.29, 0.717) is 11.5 Å². The lowest BCUT2D eigenvalue weighted by Crippen LogP contribution is -2.23. The van der Waals surface area contributed by atoms with Crippen LogP contribution in [0.2, 0.25) is 0 Å². The van der Waals surface area contributed by atoms with Crippen LogP contribution in [0.15, 0.2) is 24.7 Å². The van der Waals surface area contributed by atoms with Crippen LogP contribution in [-0.4, -0.2) is 40.4 Å². The van der Waals surface area contributed by atoms with Gasteiger partial charge < -0.3 is 10.3 Å². The molecule has 0 aliphatic carbocycles. The lowest BCUT2D eigenvalue weighted by Gasteiger charge is -2.14. The molecule has 30 heavy (non-hydrogen) atoms. The summed E-state index contributed by atoms with van der Waals surface area (Å²) in [6, 6.07) is 1.75. The van der Waals surface area contributed by atoms with Crippen LogP contribution in [0.4, 0.5) is 20.3 Å². The van der Waals surface area contributed by atoms with Gasteiger partial charge >= 0.3 is 0 Å². The largest absolute Gasteiger partial charge is 0.367 e. The Morgan fingerprint density at radius 1 is 1.13 bits per heavy atom. The predicted octanol–water partition coefficient (Wildman–Crippen LogP) is 3.44. The van der Waals surface area contributed by atoms with Crippen LogP contribution in [0.3, 0.4) is 0 Å². The number of anilines is 2. The molecular formula is C19H21F2N5O3S. The Morgan fingerprint density at radius 2 is 1.83 bits per heavy atom. The fourth-order valence-electron chi connectivity index (χ4n) is 2.77. The molecule has 0 saturated carbocycles. The number of rotatable bonds is 7. The van der Waals surface area contributed by atoms with Crippen molar-refractivity contribution in [2.45, 2.75) is 39.0 Å². The van der Waals surface area contributed by atoms with E-state index in [4.69, 9.17) is 0 Å². The summed E-state index contributed by atoms with van der Waals surface area (Å²) in [6.07, 6.45) is 2.58. The summed E-state index contributed by atoms with van der Waals surface area (Å²) < 4.78 is 55.7. The zero-order valence-corrected chi connectivity index (χ0v) is 17.6. The molecule has 3 N–H and O–H groups in total. The number of sulfonamides is 1. The summed E-state index contributed by atoms with van der Waals surface area (Å²) in [5.74, 6) is -3.05. The molecule has 8 nitrogen and oxygen atoms in total. The summed E-state index contributed by atoms with van der Waals surface area (Å²) in [5.41, 5.74) is -1.12. The van der Waals surface area contributed by atoms with Gasteiger partial charge in [-0.25, -0.2) is 27.2 Å². The first-order valence-electron chi connectivity index (χ1n) is 9.15. The Hall–Kier alpha value is -3.08. The number of nitrogens with zero attached hydrogens (tertiary/aromatic N) is 2. The number of hydrogen-bond acceptors (Lipinski definition) is 6. The zero-order chi connectivity index (χ0) is 22.2. The number of H-pyrrole nitrogens is 1. The lowest BCUT2D eigenvalue weighted by molar-refractivity contribution is 0.103. The van der Waals surface area contributed by atoms with Gasteiger partial charge in [0.1, 0.15) is 23.6 Å². The van der Waals surface area contributed by atoms with Gasteiger partial charge in [-0.2, -0.15) is 0 Å². The minimum atomic E-state index is -3.90. The van der Waals surface area contributed by atoms with Gasteiger partial charge in [-0.3, -0.25) is 9.52 Å². The summed E-state index contributed by atoms with van der Waals surface area (Å²) in [7, 11) is -3.90. The van der Waals surface area contributed by atoms with Gasteiger partial charge in [0.15, 0.2) is 5.82 Å². The Morgan fingerprint density at radius 3 is 2.47 bits per heavy atom. The van der Waals surface area contributed by atoms with E-state index in [0.717, 1.165) is 12.1 Å². The third kappa shape index (κ3) is 3.97. The van der Waals surface area contributed by atoms with Crippen LogP contribution in [0, 0.1) is 11.6 Å². The van der Waals surface area contributed by atoms with E-state index < -0.39 is 43.9 Å². The van der Waals surface area contributed by atoms with Crippen LogP contribution >= 0.6 is 0 Å². The number of benzene rings is 1. The molecule has 11 heteroatoms. The first-order chi connectivity index (χ1) is 14.0. The third-order valence-corrected chi connectivity index (χ3v) is 6.08. The maximum atomic E-state index is 15.0. The van der Waals surface area contributed by atoms with Crippen molar-refractivity contribution in [2.24, 2.45) is 0 Å². The number of nitrogens with one attached hydrogen (secondary N) is 3. The molecule has 0 saturated heterocycles. The Labute approximate surface area is 172 Å². The highest BCUT2D eigenvalue weighted by Gasteiger charge is 2.27. The van der Waals surface area contributed by atoms with Crippen molar-refractivity contribution in [3.63, 3.8) is 0 Å². The lowest BCUT2D eigenvalue weighted by atomic mass is 10.0. The van der Waals surface area contributed by atoms with Gasteiger partial charge in [0, 0.05) is 12.2 Å². The summed E-state index contributed by atoms with van der Waals surface area (Å²) in [5, 5.41) is 2.49. The number of hydrogen-bond donors (Lipinski definition) is 3. The highest BCUT2D eigenvalue weighted by molar-refractivity contribution is 7.93. The molecule has 1 aromatic carbocycles. The van der Waals surface area contributed by atoms with E-state index in [-0.39, 0.29) is 17.0 Å². The van der Waals surface area contributed by atoms with Crippen LogP contribution in [0.5, 0.6) is 0 Å². The molecule has 2 aromatic heterocycles. The van der Waals surface area contributed by atoms with Crippen molar-refractivity contribution in [3.05, 3.63) is 47.4 Å². The van der Waals surface area contributed by atoms with Crippen molar-refractivity contribution in [2.75, 3.05) is 10.0 Å². The van der Waals surface area contributed by atoms with Crippen LogP contribution in [-0.2, 0) is 10.0 Å². The van der Waals surface area contributed by atoms with Crippen LogP contribution < -0.4 is 10.0 Å². The van der Waals surface area contributed by atoms with Gasteiger partial charge in [-0.1, -0.05) is 0 Å². The standard InChI is InChI=1S/C19H21F2N5O3S/c1-9(2)25-19-14-11(7-22-18(14)23-8-24-19)17(27)15-12(20)5-6-13(16(15)21)26-30(28,29)10(3)4/h5-10,26H,1-4H3,(H2,22,23,24,25).